The minimum atomic E-state index is -0.191. The number of nitrogens with one attached hydrogen (secondary N) is 1. The zero-order valence-corrected chi connectivity index (χ0v) is 12.5. The van der Waals surface area contributed by atoms with Crippen molar-refractivity contribution in [3.05, 3.63) is 24.2 Å². The predicted octanol–water partition coefficient (Wildman–Crippen LogP) is 1.34. The third-order valence-electron chi connectivity index (χ3n) is 3.75. The molecule has 0 spiro atoms. The number of rotatable bonds is 5. The van der Waals surface area contributed by atoms with Crippen LogP contribution in [0.15, 0.2) is 22.8 Å². The zero-order valence-electron chi connectivity index (χ0n) is 12.5. The second kappa shape index (κ2) is 7.26. The van der Waals surface area contributed by atoms with E-state index in [4.69, 9.17) is 9.15 Å². The average molecular weight is 294 g/mol. The Kier molecular flexibility index (Phi) is 5.38. The van der Waals surface area contributed by atoms with Crippen LogP contribution in [0.3, 0.4) is 0 Å². The van der Waals surface area contributed by atoms with Gasteiger partial charge in [0.1, 0.15) is 5.76 Å². The molecular formula is C15H22N2O4. The first kappa shape index (κ1) is 15.6. The molecule has 2 heterocycles. The fourth-order valence-corrected chi connectivity index (χ4v) is 2.66. The Balaban J connectivity index is 1.80. The van der Waals surface area contributed by atoms with Crippen LogP contribution < -0.4 is 5.32 Å². The first-order chi connectivity index (χ1) is 10.1. The van der Waals surface area contributed by atoms with Crippen molar-refractivity contribution in [2.45, 2.75) is 25.8 Å². The molecular weight excluding hydrogens is 272 g/mol. The highest BCUT2D eigenvalue weighted by molar-refractivity contribution is 5.78. The van der Waals surface area contributed by atoms with Crippen LogP contribution in [0.4, 0.5) is 0 Å². The van der Waals surface area contributed by atoms with Crippen molar-refractivity contribution < 1.29 is 18.7 Å². The SMILES string of the molecule is COC(=O)[C@H]1CCCN(CC(=O)NC(C)c2ccco2)C1. The number of likely N-dealkylation sites (tertiary alicyclic amines) is 1. The van der Waals surface area contributed by atoms with E-state index < -0.39 is 0 Å². The maximum Gasteiger partial charge on any atom is 0.309 e. The molecule has 1 N–H and O–H groups in total. The Morgan fingerprint density at radius 2 is 2.38 bits per heavy atom. The van der Waals surface area contributed by atoms with E-state index >= 15 is 0 Å². The monoisotopic (exact) mass is 294 g/mol. The molecule has 2 atom stereocenters. The van der Waals surface area contributed by atoms with Crippen molar-refractivity contribution in [1.29, 1.82) is 0 Å². The summed E-state index contributed by atoms with van der Waals surface area (Å²) in [5.74, 6) is 0.349. The molecule has 21 heavy (non-hydrogen) atoms. The molecule has 6 nitrogen and oxygen atoms in total. The van der Waals surface area contributed by atoms with Gasteiger partial charge in [0.05, 0.1) is 31.9 Å². The van der Waals surface area contributed by atoms with Gasteiger partial charge in [-0.15, -0.1) is 0 Å². The molecule has 1 fully saturated rings. The summed E-state index contributed by atoms with van der Waals surface area (Å²) in [5, 5.41) is 2.90. The van der Waals surface area contributed by atoms with Crippen molar-refractivity contribution >= 4 is 11.9 Å². The van der Waals surface area contributed by atoms with Gasteiger partial charge in [-0.05, 0) is 38.4 Å². The summed E-state index contributed by atoms with van der Waals surface area (Å²) in [4.78, 5) is 25.6. The van der Waals surface area contributed by atoms with E-state index in [0.29, 0.717) is 13.1 Å². The Morgan fingerprint density at radius 3 is 3.05 bits per heavy atom. The normalized spacial score (nSPS) is 20.8. The highest BCUT2D eigenvalue weighted by Gasteiger charge is 2.27. The quantitative estimate of drug-likeness (QED) is 0.830. The van der Waals surface area contributed by atoms with E-state index in [0.717, 1.165) is 25.1 Å². The molecule has 0 aliphatic carbocycles. The summed E-state index contributed by atoms with van der Waals surface area (Å²) in [6, 6.07) is 3.47. The summed E-state index contributed by atoms with van der Waals surface area (Å²) in [7, 11) is 1.40. The van der Waals surface area contributed by atoms with Gasteiger partial charge in [-0.1, -0.05) is 0 Å². The van der Waals surface area contributed by atoms with Gasteiger partial charge < -0.3 is 14.5 Å². The number of piperidine rings is 1. The van der Waals surface area contributed by atoms with Crippen molar-refractivity contribution in [3.63, 3.8) is 0 Å². The Labute approximate surface area is 124 Å². The van der Waals surface area contributed by atoms with Gasteiger partial charge in [0, 0.05) is 6.54 Å². The van der Waals surface area contributed by atoms with Crippen LogP contribution in [0.2, 0.25) is 0 Å². The van der Waals surface area contributed by atoms with Crippen molar-refractivity contribution in [1.82, 2.24) is 10.2 Å². The predicted molar refractivity (Wildman–Crippen MR) is 76.4 cm³/mol. The lowest BCUT2D eigenvalue weighted by Crippen LogP contribution is -2.44. The molecule has 1 saturated heterocycles. The Morgan fingerprint density at radius 1 is 1.57 bits per heavy atom. The van der Waals surface area contributed by atoms with Gasteiger partial charge in [0.2, 0.25) is 5.91 Å². The van der Waals surface area contributed by atoms with E-state index in [2.05, 4.69) is 5.32 Å². The molecule has 6 heteroatoms. The third-order valence-corrected chi connectivity index (χ3v) is 3.75. The highest BCUT2D eigenvalue weighted by atomic mass is 16.5. The summed E-state index contributed by atoms with van der Waals surface area (Å²) in [6.45, 7) is 3.58. The number of hydrogen-bond donors (Lipinski definition) is 1. The van der Waals surface area contributed by atoms with E-state index in [-0.39, 0.29) is 23.8 Å². The zero-order chi connectivity index (χ0) is 15.2. The number of methoxy groups -OCH3 is 1. The number of carbonyl (C=O) groups excluding carboxylic acids is 2. The molecule has 1 unspecified atom stereocenters. The van der Waals surface area contributed by atoms with E-state index in [1.807, 2.05) is 17.9 Å². The van der Waals surface area contributed by atoms with Gasteiger partial charge >= 0.3 is 5.97 Å². The minimum Gasteiger partial charge on any atom is -0.469 e. The minimum absolute atomic E-state index is 0.0654. The molecule has 0 aromatic carbocycles. The van der Waals surface area contributed by atoms with Crippen LogP contribution in [0, 0.1) is 5.92 Å². The maximum absolute atomic E-state index is 12.1. The topological polar surface area (TPSA) is 71.8 Å². The van der Waals surface area contributed by atoms with Crippen molar-refractivity contribution in [2.24, 2.45) is 5.92 Å². The van der Waals surface area contributed by atoms with E-state index in [1.54, 1.807) is 12.3 Å². The smallest absolute Gasteiger partial charge is 0.309 e. The van der Waals surface area contributed by atoms with Gasteiger partial charge in [-0.25, -0.2) is 0 Å². The van der Waals surface area contributed by atoms with Crippen LogP contribution in [0.25, 0.3) is 0 Å². The molecule has 0 radical (unpaired) electrons. The molecule has 1 aliphatic rings. The molecule has 1 amide bonds. The second-order valence-electron chi connectivity index (χ2n) is 5.40. The average Bonchev–Trinajstić information content (AvgIpc) is 3.00. The van der Waals surface area contributed by atoms with Crippen LogP contribution in [0.1, 0.15) is 31.6 Å². The molecule has 0 bridgehead atoms. The summed E-state index contributed by atoms with van der Waals surface area (Å²) >= 11 is 0. The van der Waals surface area contributed by atoms with Crippen LogP contribution in [-0.4, -0.2) is 43.5 Å². The number of ether oxygens (including phenoxy) is 1. The fraction of sp³-hybridized carbons (Fsp3) is 0.600. The van der Waals surface area contributed by atoms with Crippen LogP contribution in [-0.2, 0) is 14.3 Å². The summed E-state index contributed by atoms with van der Waals surface area (Å²) in [5.41, 5.74) is 0. The largest absolute Gasteiger partial charge is 0.469 e. The third kappa shape index (κ3) is 4.32. The molecule has 0 saturated carbocycles. The number of amides is 1. The van der Waals surface area contributed by atoms with E-state index in [9.17, 15) is 9.59 Å². The first-order valence-electron chi connectivity index (χ1n) is 7.23. The van der Waals surface area contributed by atoms with Gasteiger partial charge in [-0.3, -0.25) is 14.5 Å². The lowest BCUT2D eigenvalue weighted by atomic mass is 9.98. The van der Waals surface area contributed by atoms with Crippen LogP contribution >= 0.6 is 0 Å². The summed E-state index contributed by atoms with van der Waals surface area (Å²) in [6.07, 6.45) is 3.32. The Hall–Kier alpha value is -1.82. The van der Waals surface area contributed by atoms with Crippen molar-refractivity contribution in [3.8, 4) is 0 Å². The summed E-state index contributed by atoms with van der Waals surface area (Å²) < 4.78 is 10.0. The standard InChI is InChI=1S/C15H22N2O4/c1-11(13-6-4-8-21-13)16-14(18)10-17-7-3-5-12(9-17)15(19)20-2/h4,6,8,11-12H,3,5,7,9-10H2,1-2H3,(H,16,18)/t11?,12-/m0/s1. The maximum atomic E-state index is 12.1. The number of carbonyl (C=O) groups is 2. The van der Waals surface area contributed by atoms with Gasteiger partial charge in [0.25, 0.3) is 0 Å². The number of nitrogens with zero attached hydrogens (tertiary/aromatic N) is 1. The molecule has 1 aromatic rings. The second-order valence-corrected chi connectivity index (χ2v) is 5.40. The molecule has 1 aliphatic heterocycles. The Bertz CT molecular complexity index is 472. The van der Waals surface area contributed by atoms with E-state index in [1.165, 1.54) is 7.11 Å². The number of hydrogen-bond acceptors (Lipinski definition) is 5. The van der Waals surface area contributed by atoms with Crippen LogP contribution in [0.5, 0.6) is 0 Å². The lowest BCUT2D eigenvalue weighted by Gasteiger charge is -2.30. The molecule has 2 rings (SSSR count). The number of esters is 1. The lowest BCUT2D eigenvalue weighted by molar-refractivity contribution is -0.147. The van der Waals surface area contributed by atoms with Crippen molar-refractivity contribution in [2.75, 3.05) is 26.7 Å². The fourth-order valence-electron chi connectivity index (χ4n) is 2.66. The number of furan rings is 1. The van der Waals surface area contributed by atoms with Gasteiger partial charge in [0.15, 0.2) is 0 Å². The molecule has 116 valence electrons. The first-order valence-corrected chi connectivity index (χ1v) is 7.23. The highest BCUT2D eigenvalue weighted by Crippen LogP contribution is 2.17. The molecule has 1 aromatic heterocycles. The van der Waals surface area contributed by atoms with Gasteiger partial charge in [-0.2, -0.15) is 0 Å².